The molecule has 0 aromatic rings. The van der Waals surface area contributed by atoms with Crippen molar-refractivity contribution < 1.29 is 19.8 Å². The summed E-state index contributed by atoms with van der Waals surface area (Å²) in [5.41, 5.74) is 0. The summed E-state index contributed by atoms with van der Waals surface area (Å²) in [6.45, 7) is 0. The van der Waals surface area contributed by atoms with Gasteiger partial charge < -0.3 is 10.2 Å². The molecule has 0 aliphatic carbocycles. The molecule has 4 nitrogen and oxygen atoms in total. The molecule has 1 aliphatic heterocycles. The van der Waals surface area contributed by atoms with E-state index in [4.69, 9.17) is 10.2 Å². The van der Waals surface area contributed by atoms with E-state index in [1.54, 1.807) is 0 Å². The van der Waals surface area contributed by atoms with E-state index < -0.39 is 27.4 Å². The van der Waals surface area contributed by atoms with E-state index in [-0.39, 0.29) is 0 Å². The summed E-state index contributed by atoms with van der Waals surface area (Å²) in [6.07, 6.45) is 2.25. The summed E-state index contributed by atoms with van der Waals surface area (Å²) in [5.74, 6) is -0.370. The van der Waals surface area contributed by atoms with Crippen LogP contribution in [0.4, 0.5) is 4.79 Å². The zero-order chi connectivity index (χ0) is 9.14. The topological polar surface area (TPSA) is 74.6 Å². The Morgan fingerprint density at radius 1 is 1.25 bits per heavy atom. The molecule has 2 atom stereocenters. The number of hydrogen-bond donors (Lipinski definition) is 3. The molecule has 1 saturated heterocycles. The van der Waals surface area contributed by atoms with Crippen molar-refractivity contribution in [3.8, 4) is 0 Å². The lowest BCUT2D eigenvalue weighted by Crippen LogP contribution is -2.28. The van der Waals surface area contributed by atoms with Gasteiger partial charge in [-0.15, -0.1) is 10.9 Å². The van der Waals surface area contributed by atoms with Crippen molar-refractivity contribution in [3.05, 3.63) is 0 Å². The Morgan fingerprint density at radius 3 is 2.33 bits per heavy atom. The SMILES string of the molecule is O=C(O)C1CCCC[SH]1C(=O)O. The molecule has 0 radical (unpaired) electrons. The molecule has 70 valence electrons. The van der Waals surface area contributed by atoms with Crippen molar-refractivity contribution in [2.75, 3.05) is 5.75 Å². The molecule has 0 aromatic carbocycles. The van der Waals surface area contributed by atoms with Crippen LogP contribution in [0.25, 0.3) is 0 Å². The molecule has 2 unspecified atom stereocenters. The van der Waals surface area contributed by atoms with E-state index in [0.29, 0.717) is 12.2 Å². The van der Waals surface area contributed by atoms with Crippen molar-refractivity contribution >= 4 is 22.2 Å². The molecule has 0 bridgehead atoms. The summed E-state index contributed by atoms with van der Waals surface area (Å²) in [6, 6.07) is 0. The molecule has 1 aliphatic rings. The summed E-state index contributed by atoms with van der Waals surface area (Å²) in [4.78, 5) is 21.3. The first-order valence-electron chi connectivity index (χ1n) is 3.85. The van der Waals surface area contributed by atoms with E-state index in [1.165, 1.54) is 0 Å². The highest BCUT2D eigenvalue weighted by atomic mass is 32.2. The molecule has 1 rings (SSSR count). The number of thiol groups is 1. The van der Waals surface area contributed by atoms with Gasteiger partial charge in [0.1, 0.15) is 0 Å². The molecule has 0 amide bonds. The van der Waals surface area contributed by atoms with Crippen LogP contribution in [0.1, 0.15) is 19.3 Å². The van der Waals surface area contributed by atoms with Crippen LogP contribution in [0, 0.1) is 0 Å². The molecular weight excluding hydrogens is 180 g/mol. The highest BCUT2D eigenvalue weighted by Gasteiger charge is 2.32. The van der Waals surface area contributed by atoms with Crippen molar-refractivity contribution in [3.63, 3.8) is 0 Å². The van der Waals surface area contributed by atoms with Crippen LogP contribution in [0.3, 0.4) is 0 Å². The lowest BCUT2D eigenvalue weighted by molar-refractivity contribution is -0.136. The number of hydrogen-bond acceptors (Lipinski definition) is 2. The summed E-state index contributed by atoms with van der Waals surface area (Å²) in [7, 11) is -1.32. The summed E-state index contributed by atoms with van der Waals surface area (Å²) >= 11 is 0. The van der Waals surface area contributed by atoms with Crippen LogP contribution in [-0.4, -0.2) is 32.5 Å². The van der Waals surface area contributed by atoms with Gasteiger partial charge >= 0.3 is 11.3 Å². The molecule has 1 fully saturated rings. The van der Waals surface area contributed by atoms with Gasteiger partial charge in [-0.1, -0.05) is 6.42 Å². The fraction of sp³-hybridized carbons (Fsp3) is 0.714. The van der Waals surface area contributed by atoms with Crippen LogP contribution >= 0.6 is 10.9 Å². The predicted octanol–water partition coefficient (Wildman–Crippen LogP) is 1.30. The smallest absolute Gasteiger partial charge is 0.345 e. The summed E-state index contributed by atoms with van der Waals surface area (Å²) < 4.78 is 0. The molecule has 12 heavy (non-hydrogen) atoms. The lowest BCUT2D eigenvalue weighted by Gasteiger charge is -2.28. The van der Waals surface area contributed by atoms with Crippen molar-refractivity contribution in [2.45, 2.75) is 24.5 Å². The third-order valence-corrected chi connectivity index (χ3v) is 4.55. The molecular formula is C7H12O4S. The Kier molecular flexibility index (Phi) is 2.97. The molecule has 1 heterocycles. The second-order valence-corrected chi connectivity index (χ2v) is 5.22. The third-order valence-electron chi connectivity index (χ3n) is 2.03. The number of rotatable bonds is 1. The quantitative estimate of drug-likeness (QED) is 0.547. The highest BCUT2D eigenvalue weighted by molar-refractivity contribution is 8.30. The largest absolute Gasteiger partial charge is 0.480 e. The number of carboxylic acid groups (broad SMARTS) is 2. The Labute approximate surface area is 72.9 Å². The standard InChI is InChI=1S/C7H12O4S/c8-6(9)5-3-1-2-4-12(5)7(10)11/h5,12H,1-4H2,(H,8,9)(H,10,11). The molecule has 5 heteroatoms. The zero-order valence-corrected chi connectivity index (χ0v) is 7.46. The maximum absolute atomic E-state index is 10.6. The van der Waals surface area contributed by atoms with Gasteiger partial charge in [0.25, 0.3) is 0 Å². The van der Waals surface area contributed by atoms with Crippen molar-refractivity contribution in [1.29, 1.82) is 0 Å². The van der Waals surface area contributed by atoms with E-state index in [2.05, 4.69) is 0 Å². The minimum absolute atomic E-state index is 0.535. The van der Waals surface area contributed by atoms with E-state index in [0.717, 1.165) is 12.8 Å². The summed E-state index contributed by atoms with van der Waals surface area (Å²) in [5, 5.41) is 15.9. The van der Waals surface area contributed by atoms with E-state index >= 15 is 0 Å². The average molecular weight is 192 g/mol. The highest BCUT2D eigenvalue weighted by Crippen LogP contribution is 2.40. The third kappa shape index (κ3) is 1.91. The first-order valence-corrected chi connectivity index (χ1v) is 5.45. The average Bonchev–Trinajstić information content (AvgIpc) is 2.04. The van der Waals surface area contributed by atoms with Crippen LogP contribution < -0.4 is 0 Å². The van der Waals surface area contributed by atoms with Gasteiger partial charge in [-0.05, 0) is 18.6 Å². The second-order valence-electron chi connectivity index (χ2n) is 2.83. The first-order chi connectivity index (χ1) is 5.63. The zero-order valence-electron chi connectivity index (χ0n) is 6.56. The normalized spacial score (nSPS) is 32.7. The maximum Gasteiger partial charge on any atom is 0.345 e. The predicted molar refractivity (Wildman–Crippen MR) is 47.2 cm³/mol. The van der Waals surface area contributed by atoms with Crippen LogP contribution in [0.15, 0.2) is 0 Å². The first kappa shape index (κ1) is 9.38. The van der Waals surface area contributed by atoms with Crippen LogP contribution in [0.2, 0.25) is 0 Å². The fourth-order valence-corrected chi connectivity index (χ4v) is 3.51. The number of carboxylic acids is 1. The Balaban J connectivity index is 2.67. The van der Waals surface area contributed by atoms with Crippen LogP contribution in [0.5, 0.6) is 0 Å². The Morgan fingerprint density at radius 2 is 1.92 bits per heavy atom. The molecule has 0 saturated carbocycles. The van der Waals surface area contributed by atoms with Gasteiger partial charge in [-0.3, -0.25) is 4.79 Å². The number of carbonyl (C=O) groups is 2. The lowest BCUT2D eigenvalue weighted by atomic mass is 10.2. The van der Waals surface area contributed by atoms with E-state index in [1.807, 2.05) is 0 Å². The molecule has 0 aromatic heterocycles. The van der Waals surface area contributed by atoms with Gasteiger partial charge in [-0.2, -0.15) is 0 Å². The Hall–Kier alpha value is -0.710. The minimum atomic E-state index is -1.32. The molecule has 2 N–H and O–H groups in total. The number of aliphatic carboxylic acids is 1. The fourth-order valence-electron chi connectivity index (χ4n) is 1.42. The Bertz CT molecular complexity index is 182. The second kappa shape index (κ2) is 3.80. The van der Waals surface area contributed by atoms with Crippen LogP contribution in [-0.2, 0) is 4.79 Å². The van der Waals surface area contributed by atoms with Gasteiger partial charge in [0.05, 0.1) is 5.25 Å². The maximum atomic E-state index is 10.6. The monoisotopic (exact) mass is 192 g/mol. The van der Waals surface area contributed by atoms with Gasteiger partial charge in [-0.25, -0.2) is 4.79 Å². The van der Waals surface area contributed by atoms with Gasteiger partial charge in [0.2, 0.25) is 0 Å². The van der Waals surface area contributed by atoms with Gasteiger partial charge in [0, 0.05) is 0 Å². The van der Waals surface area contributed by atoms with Crippen molar-refractivity contribution in [1.82, 2.24) is 0 Å². The van der Waals surface area contributed by atoms with Crippen molar-refractivity contribution in [2.24, 2.45) is 0 Å². The molecule has 0 spiro atoms. The minimum Gasteiger partial charge on any atom is -0.480 e. The van der Waals surface area contributed by atoms with E-state index in [9.17, 15) is 9.59 Å². The van der Waals surface area contributed by atoms with Gasteiger partial charge in [0.15, 0.2) is 0 Å².